The van der Waals surface area contributed by atoms with Crippen molar-refractivity contribution in [1.82, 2.24) is 4.90 Å². The molecule has 0 radical (unpaired) electrons. The van der Waals surface area contributed by atoms with Crippen LogP contribution in [0.5, 0.6) is 11.5 Å². The van der Waals surface area contributed by atoms with E-state index in [1.807, 2.05) is 24.3 Å². The van der Waals surface area contributed by atoms with Crippen molar-refractivity contribution in [3.63, 3.8) is 0 Å². The van der Waals surface area contributed by atoms with E-state index in [-0.39, 0.29) is 17.9 Å². The van der Waals surface area contributed by atoms with Crippen LogP contribution in [0, 0.1) is 0 Å². The number of phenols is 1. The summed E-state index contributed by atoms with van der Waals surface area (Å²) in [5, 5.41) is 22.7. The summed E-state index contributed by atoms with van der Waals surface area (Å²) in [7, 11) is 2.12. The SMILES string of the molecule is CN1CC[C@]23c4c5ccc(O)c4O[C@H]2C(=NCc2ccccc2)CC[C@@]3(O)[C@H]1C5. The molecule has 4 atom stereocenters. The largest absolute Gasteiger partial charge is 0.504 e. The van der Waals surface area contributed by atoms with Crippen molar-refractivity contribution in [2.75, 3.05) is 13.6 Å². The topological polar surface area (TPSA) is 65.3 Å². The standard InChI is InChI=1S/C24H26N2O3/c1-26-12-11-23-20-16-7-8-18(27)21(20)29-22(23)17(9-10-24(23,28)19(26)13-16)25-14-15-5-3-2-4-6-15/h2-8,19,22,27-28H,9-14H2,1H3/t19-,22+,23+,24-/m1/s1. The number of aromatic hydroxyl groups is 1. The molecule has 29 heavy (non-hydrogen) atoms. The zero-order valence-electron chi connectivity index (χ0n) is 16.6. The van der Waals surface area contributed by atoms with Gasteiger partial charge in [-0.1, -0.05) is 36.4 Å². The summed E-state index contributed by atoms with van der Waals surface area (Å²) in [5.41, 5.74) is 3.06. The molecule has 2 aliphatic carbocycles. The predicted molar refractivity (Wildman–Crippen MR) is 111 cm³/mol. The number of phenolic OH excluding ortho intramolecular Hbond substituents is 1. The fraction of sp³-hybridized carbons (Fsp3) is 0.458. The lowest BCUT2D eigenvalue weighted by Crippen LogP contribution is -2.76. The maximum Gasteiger partial charge on any atom is 0.166 e. The monoisotopic (exact) mass is 390 g/mol. The highest BCUT2D eigenvalue weighted by Gasteiger charge is 2.72. The van der Waals surface area contributed by atoms with Crippen LogP contribution < -0.4 is 4.74 Å². The first-order valence-corrected chi connectivity index (χ1v) is 10.6. The van der Waals surface area contributed by atoms with Crippen LogP contribution >= 0.6 is 0 Å². The number of rotatable bonds is 2. The third kappa shape index (κ3) is 2.10. The highest BCUT2D eigenvalue weighted by molar-refractivity contribution is 5.94. The van der Waals surface area contributed by atoms with Gasteiger partial charge in [-0.05, 0) is 56.5 Å². The molecule has 2 N–H and O–H groups in total. The highest BCUT2D eigenvalue weighted by atomic mass is 16.5. The number of ether oxygens (including phenoxy) is 1. The summed E-state index contributed by atoms with van der Waals surface area (Å²) in [6.07, 6.45) is 2.72. The van der Waals surface area contributed by atoms with E-state index in [4.69, 9.17) is 9.73 Å². The lowest BCUT2D eigenvalue weighted by Gasteiger charge is -2.62. The van der Waals surface area contributed by atoms with Crippen LogP contribution in [0.25, 0.3) is 0 Å². The Balaban J connectivity index is 1.51. The average molecular weight is 390 g/mol. The molecule has 2 heterocycles. The number of benzene rings is 2. The van der Waals surface area contributed by atoms with E-state index in [0.29, 0.717) is 18.7 Å². The lowest BCUT2D eigenvalue weighted by atomic mass is 9.49. The average Bonchev–Trinajstić information content (AvgIpc) is 3.08. The normalized spacial score (nSPS) is 36.0. The van der Waals surface area contributed by atoms with E-state index < -0.39 is 11.0 Å². The fourth-order valence-corrected chi connectivity index (χ4v) is 6.49. The van der Waals surface area contributed by atoms with Gasteiger partial charge in [0, 0.05) is 11.6 Å². The maximum atomic E-state index is 12.1. The quantitative estimate of drug-likeness (QED) is 0.828. The van der Waals surface area contributed by atoms with Gasteiger partial charge < -0.3 is 19.8 Å². The summed E-state index contributed by atoms with van der Waals surface area (Å²) in [6.45, 7) is 1.52. The van der Waals surface area contributed by atoms with Gasteiger partial charge in [0.15, 0.2) is 11.5 Å². The molecule has 1 saturated carbocycles. The van der Waals surface area contributed by atoms with Gasteiger partial charge in [0.05, 0.1) is 23.3 Å². The molecular formula is C24H26N2O3. The minimum Gasteiger partial charge on any atom is -0.504 e. The summed E-state index contributed by atoms with van der Waals surface area (Å²) in [4.78, 5) is 7.28. The third-order valence-corrected chi connectivity index (χ3v) is 7.85. The van der Waals surface area contributed by atoms with Gasteiger partial charge in [0.2, 0.25) is 0 Å². The second-order valence-corrected chi connectivity index (χ2v) is 9.09. The number of hydrogen-bond donors (Lipinski definition) is 2. The van der Waals surface area contributed by atoms with Crippen LogP contribution in [0.3, 0.4) is 0 Å². The Bertz CT molecular complexity index is 1020. The molecule has 1 saturated heterocycles. The molecule has 0 unspecified atom stereocenters. The Hall–Kier alpha value is -2.37. The van der Waals surface area contributed by atoms with Crippen molar-refractivity contribution in [3.05, 3.63) is 59.2 Å². The van der Waals surface area contributed by atoms with Crippen molar-refractivity contribution in [2.24, 2.45) is 4.99 Å². The van der Waals surface area contributed by atoms with Crippen LogP contribution in [-0.2, 0) is 18.4 Å². The summed E-state index contributed by atoms with van der Waals surface area (Å²) >= 11 is 0. The van der Waals surface area contributed by atoms with Crippen LogP contribution in [0.4, 0.5) is 0 Å². The zero-order valence-corrected chi connectivity index (χ0v) is 16.6. The van der Waals surface area contributed by atoms with Gasteiger partial charge in [-0.2, -0.15) is 0 Å². The third-order valence-electron chi connectivity index (χ3n) is 7.85. The summed E-state index contributed by atoms with van der Waals surface area (Å²) < 4.78 is 6.45. The molecule has 2 fully saturated rings. The van der Waals surface area contributed by atoms with Crippen LogP contribution in [0.1, 0.15) is 36.0 Å². The van der Waals surface area contributed by atoms with Gasteiger partial charge in [0.1, 0.15) is 6.10 Å². The molecule has 150 valence electrons. The van der Waals surface area contributed by atoms with Gasteiger partial charge in [-0.15, -0.1) is 0 Å². The summed E-state index contributed by atoms with van der Waals surface area (Å²) in [6, 6.07) is 14.1. The molecule has 2 aliphatic heterocycles. The Morgan fingerprint density at radius 2 is 2.00 bits per heavy atom. The number of likely N-dealkylation sites (N-methyl/N-ethyl adjacent to an activating group) is 1. The minimum atomic E-state index is -0.859. The van der Waals surface area contributed by atoms with Crippen molar-refractivity contribution < 1.29 is 14.9 Å². The molecule has 0 aromatic heterocycles. The first-order valence-electron chi connectivity index (χ1n) is 10.6. The molecule has 2 aromatic carbocycles. The van der Waals surface area contributed by atoms with Gasteiger partial charge >= 0.3 is 0 Å². The Morgan fingerprint density at radius 1 is 1.17 bits per heavy atom. The second-order valence-electron chi connectivity index (χ2n) is 9.09. The number of nitrogens with zero attached hydrogens (tertiary/aromatic N) is 2. The van der Waals surface area contributed by atoms with Gasteiger partial charge in [-0.25, -0.2) is 0 Å². The first kappa shape index (κ1) is 17.5. The van der Waals surface area contributed by atoms with Crippen LogP contribution in [-0.4, -0.2) is 52.2 Å². The lowest BCUT2D eigenvalue weighted by molar-refractivity contribution is -0.160. The van der Waals surface area contributed by atoms with Crippen molar-refractivity contribution in [3.8, 4) is 11.5 Å². The maximum absolute atomic E-state index is 12.1. The molecule has 0 amide bonds. The number of aliphatic hydroxyl groups is 1. The Kier molecular flexibility index (Phi) is 3.52. The minimum absolute atomic E-state index is 0.0704. The van der Waals surface area contributed by atoms with Crippen molar-refractivity contribution >= 4 is 5.71 Å². The van der Waals surface area contributed by atoms with E-state index in [1.165, 1.54) is 11.1 Å². The predicted octanol–water partition coefficient (Wildman–Crippen LogP) is 2.82. The molecule has 2 aromatic rings. The second kappa shape index (κ2) is 5.83. The molecule has 5 heteroatoms. The van der Waals surface area contributed by atoms with Crippen LogP contribution in [0.15, 0.2) is 47.5 Å². The molecular weight excluding hydrogens is 364 g/mol. The molecule has 4 aliphatic rings. The van der Waals surface area contributed by atoms with Crippen molar-refractivity contribution in [2.45, 2.75) is 55.4 Å². The van der Waals surface area contributed by atoms with Gasteiger partial charge in [0.25, 0.3) is 0 Å². The van der Waals surface area contributed by atoms with E-state index in [1.54, 1.807) is 6.07 Å². The number of piperidine rings is 1. The van der Waals surface area contributed by atoms with Gasteiger partial charge in [-0.3, -0.25) is 4.99 Å². The van der Waals surface area contributed by atoms with E-state index in [9.17, 15) is 10.2 Å². The Morgan fingerprint density at radius 3 is 2.83 bits per heavy atom. The molecule has 5 nitrogen and oxygen atoms in total. The number of likely N-dealkylation sites (tertiary alicyclic amines) is 1. The molecule has 2 bridgehead atoms. The highest BCUT2D eigenvalue weighted by Crippen LogP contribution is 2.64. The summed E-state index contributed by atoms with van der Waals surface area (Å²) in [5.74, 6) is 0.748. The molecule has 1 spiro atoms. The van der Waals surface area contributed by atoms with Crippen molar-refractivity contribution in [1.29, 1.82) is 0 Å². The van der Waals surface area contributed by atoms with Crippen LogP contribution in [0.2, 0.25) is 0 Å². The Labute approximate surface area is 170 Å². The fourth-order valence-electron chi connectivity index (χ4n) is 6.49. The smallest absolute Gasteiger partial charge is 0.166 e. The number of aliphatic imine (C=N–C) groups is 1. The zero-order chi connectivity index (χ0) is 19.8. The van der Waals surface area contributed by atoms with E-state index in [2.05, 4.69) is 24.1 Å². The van der Waals surface area contributed by atoms with E-state index >= 15 is 0 Å². The first-order chi connectivity index (χ1) is 14.0. The molecule has 6 rings (SSSR count). The number of hydrogen-bond acceptors (Lipinski definition) is 5. The van der Waals surface area contributed by atoms with E-state index in [0.717, 1.165) is 37.1 Å².